The van der Waals surface area contributed by atoms with Crippen LogP contribution in [0.2, 0.25) is 0 Å². The summed E-state index contributed by atoms with van der Waals surface area (Å²) in [5.41, 5.74) is 6.14. The van der Waals surface area contributed by atoms with Gasteiger partial charge in [-0.3, -0.25) is 9.36 Å². The Bertz CT molecular complexity index is 497. The molecule has 2 heterocycles. The topological polar surface area (TPSA) is 89.6 Å². The molecule has 0 aliphatic carbocycles. The number of fused-ring (bicyclic) bond motifs is 1. The predicted octanol–water partition coefficient (Wildman–Crippen LogP) is -0.278. The monoisotopic (exact) mass is 179 g/mol. The largest absolute Gasteiger partial charge is 0.369 e. The summed E-state index contributed by atoms with van der Waals surface area (Å²) >= 11 is 0. The number of nitrogens with two attached hydrogens (primary N) is 1. The fourth-order valence-corrected chi connectivity index (χ4v) is 1.24. The number of nitrogen functional groups attached to an aromatic ring is 1. The molecule has 13 heavy (non-hydrogen) atoms. The molecule has 2 aromatic heterocycles. The third kappa shape index (κ3) is 0.986. The van der Waals surface area contributed by atoms with Crippen molar-refractivity contribution in [3.63, 3.8) is 0 Å². The second-order valence-electron chi connectivity index (χ2n) is 2.62. The first kappa shape index (κ1) is 7.78. The van der Waals surface area contributed by atoms with E-state index in [0.717, 1.165) is 0 Å². The van der Waals surface area contributed by atoms with Gasteiger partial charge in [-0.05, 0) is 6.92 Å². The molecule has 0 unspecified atom stereocenters. The quantitative estimate of drug-likeness (QED) is 0.630. The molecule has 0 saturated carbocycles. The summed E-state index contributed by atoms with van der Waals surface area (Å²) < 4.78 is 1.39. The third-order valence-electron chi connectivity index (χ3n) is 1.89. The number of aromatic amines is 1. The summed E-state index contributed by atoms with van der Waals surface area (Å²) in [7, 11) is 0. The van der Waals surface area contributed by atoms with Crippen LogP contribution in [0.1, 0.15) is 6.92 Å². The maximum atomic E-state index is 11.6. The Balaban J connectivity index is 2.93. The predicted molar refractivity (Wildman–Crippen MR) is 48.2 cm³/mol. The van der Waals surface area contributed by atoms with Crippen molar-refractivity contribution in [2.75, 3.05) is 5.73 Å². The van der Waals surface area contributed by atoms with Crippen LogP contribution in [-0.4, -0.2) is 19.5 Å². The first-order valence-electron chi connectivity index (χ1n) is 3.93. The summed E-state index contributed by atoms with van der Waals surface area (Å²) in [5, 5.41) is 0. The van der Waals surface area contributed by atoms with Crippen molar-refractivity contribution in [1.82, 2.24) is 19.5 Å². The van der Waals surface area contributed by atoms with Gasteiger partial charge in [0.2, 0.25) is 5.95 Å². The van der Waals surface area contributed by atoms with Gasteiger partial charge in [0.05, 0.1) is 6.33 Å². The molecule has 0 atom stereocenters. The van der Waals surface area contributed by atoms with Crippen molar-refractivity contribution < 1.29 is 0 Å². The van der Waals surface area contributed by atoms with E-state index in [1.165, 1.54) is 10.9 Å². The van der Waals surface area contributed by atoms with E-state index in [-0.39, 0.29) is 11.5 Å². The molecule has 68 valence electrons. The van der Waals surface area contributed by atoms with Gasteiger partial charge < -0.3 is 10.7 Å². The zero-order valence-corrected chi connectivity index (χ0v) is 7.11. The van der Waals surface area contributed by atoms with Crippen molar-refractivity contribution in [3.8, 4) is 0 Å². The van der Waals surface area contributed by atoms with Crippen molar-refractivity contribution in [2.45, 2.75) is 13.5 Å². The highest BCUT2D eigenvalue weighted by atomic mass is 16.1. The fraction of sp³-hybridized carbons (Fsp3) is 0.286. The zero-order chi connectivity index (χ0) is 9.42. The van der Waals surface area contributed by atoms with Gasteiger partial charge in [-0.25, -0.2) is 4.98 Å². The first-order valence-corrected chi connectivity index (χ1v) is 3.93. The minimum Gasteiger partial charge on any atom is -0.369 e. The number of anilines is 1. The molecule has 6 heteroatoms. The van der Waals surface area contributed by atoms with Crippen LogP contribution in [0.4, 0.5) is 5.95 Å². The summed E-state index contributed by atoms with van der Waals surface area (Å²) in [5.74, 6) is 0.201. The van der Waals surface area contributed by atoms with E-state index in [9.17, 15) is 4.79 Å². The number of imidazole rings is 1. The van der Waals surface area contributed by atoms with Crippen LogP contribution in [-0.2, 0) is 6.54 Å². The minimum absolute atomic E-state index is 0.178. The molecular weight excluding hydrogens is 170 g/mol. The van der Waals surface area contributed by atoms with E-state index < -0.39 is 0 Å². The summed E-state index contributed by atoms with van der Waals surface area (Å²) in [6.07, 6.45) is 1.43. The number of aromatic nitrogens is 4. The molecule has 0 spiro atoms. The van der Waals surface area contributed by atoms with Crippen molar-refractivity contribution in [1.29, 1.82) is 0 Å². The van der Waals surface area contributed by atoms with Crippen LogP contribution < -0.4 is 11.3 Å². The second-order valence-corrected chi connectivity index (χ2v) is 2.62. The molecule has 0 amide bonds. The summed E-state index contributed by atoms with van der Waals surface area (Å²) in [6, 6.07) is 0. The van der Waals surface area contributed by atoms with Gasteiger partial charge in [-0.2, -0.15) is 4.98 Å². The Hall–Kier alpha value is -1.85. The highest BCUT2D eigenvalue weighted by Crippen LogP contribution is 2.02. The zero-order valence-electron chi connectivity index (χ0n) is 7.11. The average molecular weight is 179 g/mol. The Labute approximate surface area is 73.4 Å². The molecule has 0 fully saturated rings. The molecule has 0 radical (unpaired) electrons. The van der Waals surface area contributed by atoms with Gasteiger partial charge in [-0.15, -0.1) is 0 Å². The Kier molecular flexibility index (Phi) is 1.54. The molecule has 2 rings (SSSR count). The van der Waals surface area contributed by atoms with E-state index in [2.05, 4.69) is 15.0 Å². The molecule has 0 saturated heterocycles. The van der Waals surface area contributed by atoms with Gasteiger partial charge in [0, 0.05) is 6.54 Å². The number of hydrogen-bond acceptors (Lipinski definition) is 4. The molecule has 6 nitrogen and oxygen atoms in total. The standard InChI is InChI=1S/C7H9N5O/c1-2-12-6(13)4-5(10-3-9-4)11-7(12)8/h3H,2H2,1H3,(H2,8,11)(H,9,10). The normalized spacial score (nSPS) is 10.8. The van der Waals surface area contributed by atoms with Crippen LogP contribution in [0.15, 0.2) is 11.1 Å². The van der Waals surface area contributed by atoms with Gasteiger partial charge in [-0.1, -0.05) is 0 Å². The lowest BCUT2D eigenvalue weighted by molar-refractivity contribution is 0.730. The summed E-state index contributed by atoms with van der Waals surface area (Å²) in [4.78, 5) is 22.2. The number of hydrogen-bond donors (Lipinski definition) is 2. The van der Waals surface area contributed by atoms with Crippen LogP contribution in [0, 0.1) is 0 Å². The number of nitrogens with zero attached hydrogens (tertiary/aromatic N) is 3. The van der Waals surface area contributed by atoms with E-state index in [1.807, 2.05) is 6.92 Å². The first-order chi connectivity index (χ1) is 6.24. The number of nitrogens with one attached hydrogen (secondary N) is 1. The Morgan fingerprint density at radius 1 is 1.69 bits per heavy atom. The Morgan fingerprint density at radius 2 is 2.46 bits per heavy atom. The van der Waals surface area contributed by atoms with Crippen LogP contribution in [0.25, 0.3) is 11.2 Å². The third-order valence-corrected chi connectivity index (χ3v) is 1.89. The average Bonchev–Trinajstić information content (AvgIpc) is 2.53. The highest BCUT2D eigenvalue weighted by Gasteiger charge is 2.08. The van der Waals surface area contributed by atoms with Crippen molar-refractivity contribution >= 4 is 17.1 Å². The molecule has 0 bridgehead atoms. The lowest BCUT2D eigenvalue weighted by Crippen LogP contribution is -2.23. The molecule has 0 aliphatic heterocycles. The molecule has 3 N–H and O–H groups in total. The SMILES string of the molecule is CCn1c(N)nc2nc[nH]c2c1=O. The number of H-pyrrole nitrogens is 1. The maximum Gasteiger partial charge on any atom is 0.280 e. The highest BCUT2D eigenvalue weighted by molar-refractivity contribution is 5.69. The summed E-state index contributed by atoms with van der Waals surface area (Å²) in [6.45, 7) is 2.34. The van der Waals surface area contributed by atoms with Crippen molar-refractivity contribution in [3.05, 3.63) is 16.7 Å². The van der Waals surface area contributed by atoms with E-state index in [0.29, 0.717) is 17.7 Å². The van der Waals surface area contributed by atoms with Gasteiger partial charge in [0.1, 0.15) is 0 Å². The minimum atomic E-state index is -0.178. The van der Waals surface area contributed by atoms with Crippen LogP contribution in [0.3, 0.4) is 0 Å². The maximum absolute atomic E-state index is 11.6. The van der Waals surface area contributed by atoms with E-state index in [4.69, 9.17) is 5.73 Å². The molecule has 0 aliphatic rings. The number of rotatable bonds is 1. The lowest BCUT2D eigenvalue weighted by atomic mass is 10.5. The smallest absolute Gasteiger partial charge is 0.280 e. The fourth-order valence-electron chi connectivity index (χ4n) is 1.24. The van der Waals surface area contributed by atoms with E-state index >= 15 is 0 Å². The molecule has 2 aromatic rings. The van der Waals surface area contributed by atoms with Gasteiger partial charge >= 0.3 is 0 Å². The van der Waals surface area contributed by atoms with Crippen LogP contribution in [0.5, 0.6) is 0 Å². The van der Waals surface area contributed by atoms with Gasteiger partial charge in [0.25, 0.3) is 5.56 Å². The lowest BCUT2D eigenvalue weighted by Gasteiger charge is -2.03. The van der Waals surface area contributed by atoms with Gasteiger partial charge in [0.15, 0.2) is 11.2 Å². The van der Waals surface area contributed by atoms with Crippen molar-refractivity contribution in [2.24, 2.45) is 0 Å². The Morgan fingerprint density at radius 3 is 3.15 bits per heavy atom. The second kappa shape index (κ2) is 2.58. The van der Waals surface area contributed by atoms with E-state index in [1.54, 1.807) is 0 Å². The van der Waals surface area contributed by atoms with Crippen LogP contribution >= 0.6 is 0 Å². The molecular formula is C7H9N5O. The molecule has 0 aromatic carbocycles.